The zero-order chi connectivity index (χ0) is 12.6. The van der Waals surface area contributed by atoms with E-state index in [0.29, 0.717) is 26.4 Å². The zero-order valence-corrected chi connectivity index (χ0v) is 11.1. The maximum absolute atomic E-state index is 5.19. The van der Waals surface area contributed by atoms with Gasteiger partial charge >= 0.3 is 0 Å². The minimum absolute atomic E-state index is 0.668. The minimum atomic E-state index is 0.668. The van der Waals surface area contributed by atoms with E-state index in [0.717, 1.165) is 39.6 Å². The molecule has 0 spiro atoms. The van der Waals surface area contributed by atoms with Crippen molar-refractivity contribution in [3.63, 3.8) is 0 Å². The van der Waals surface area contributed by atoms with Crippen molar-refractivity contribution >= 4 is 0 Å². The van der Waals surface area contributed by atoms with Crippen LogP contribution in [-0.2, 0) is 23.7 Å². The van der Waals surface area contributed by atoms with Crippen LogP contribution in [0.1, 0.15) is 13.8 Å². The zero-order valence-electron chi connectivity index (χ0n) is 11.1. The summed E-state index contributed by atoms with van der Waals surface area (Å²) in [5, 5.41) is 0. The molecule has 1 saturated heterocycles. The number of rotatable bonds is 8. The Bertz CT molecular complexity index is 109. The molecule has 17 heavy (non-hydrogen) atoms. The summed E-state index contributed by atoms with van der Waals surface area (Å²) in [7, 11) is 0. The molecule has 0 aromatic heterocycles. The fraction of sp³-hybridized carbons (Fsp3) is 1.00. The smallest absolute Gasteiger partial charge is 0.0701 e. The Morgan fingerprint density at radius 2 is 1.00 bits per heavy atom. The monoisotopic (exact) mass is 250 g/mol. The van der Waals surface area contributed by atoms with Crippen LogP contribution in [0.4, 0.5) is 0 Å². The van der Waals surface area contributed by atoms with Gasteiger partial charge in [0.05, 0.1) is 52.9 Å². The lowest BCUT2D eigenvalue weighted by Gasteiger charge is -2.09. The molecule has 5 nitrogen and oxygen atoms in total. The summed E-state index contributed by atoms with van der Waals surface area (Å²) in [5.41, 5.74) is 0. The van der Waals surface area contributed by atoms with Gasteiger partial charge in [-0.3, -0.25) is 0 Å². The van der Waals surface area contributed by atoms with E-state index in [4.69, 9.17) is 23.7 Å². The second-order valence-corrected chi connectivity index (χ2v) is 3.23. The van der Waals surface area contributed by atoms with Crippen molar-refractivity contribution in [3.05, 3.63) is 0 Å². The first-order valence-corrected chi connectivity index (χ1v) is 6.30. The highest BCUT2D eigenvalue weighted by atomic mass is 16.6. The van der Waals surface area contributed by atoms with Crippen LogP contribution in [0.25, 0.3) is 0 Å². The highest BCUT2D eigenvalue weighted by Gasteiger charge is 1.94. The normalized spacial score (nSPS) is 15.2. The molecule has 0 unspecified atom stereocenters. The molecule has 0 aromatic rings. The third kappa shape index (κ3) is 15.8. The van der Waals surface area contributed by atoms with Crippen molar-refractivity contribution in [2.75, 3.05) is 66.1 Å². The van der Waals surface area contributed by atoms with Gasteiger partial charge < -0.3 is 23.7 Å². The molecule has 0 amide bonds. The van der Waals surface area contributed by atoms with Crippen LogP contribution < -0.4 is 0 Å². The Morgan fingerprint density at radius 1 is 0.647 bits per heavy atom. The first kappa shape index (κ1) is 16.8. The fourth-order valence-corrected chi connectivity index (χ4v) is 1.07. The number of ether oxygens (including phenoxy) is 5. The van der Waals surface area contributed by atoms with Crippen molar-refractivity contribution in [2.24, 2.45) is 0 Å². The summed E-state index contributed by atoms with van der Waals surface area (Å²) in [5.74, 6) is 0. The van der Waals surface area contributed by atoms with Gasteiger partial charge in [-0.1, -0.05) is 0 Å². The van der Waals surface area contributed by atoms with Crippen LogP contribution in [0.15, 0.2) is 0 Å². The Kier molecular flexibility index (Phi) is 15.6. The number of hydrogen-bond acceptors (Lipinski definition) is 5. The van der Waals surface area contributed by atoms with Crippen LogP contribution in [0.2, 0.25) is 0 Å². The summed E-state index contributed by atoms with van der Waals surface area (Å²) in [6, 6.07) is 0. The van der Waals surface area contributed by atoms with E-state index in [1.807, 2.05) is 13.8 Å². The van der Waals surface area contributed by atoms with Gasteiger partial charge in [0.2, 0.25) is 0 Å². The molecule has 0 aromatic carbocycles. The van der Waals surface area contributed by atoms with Crippen LogP contribution in [0, 0.1) is 0 Å². The summed E-state index contributed by atoms with van der Waals surface area (Å²) in [6.45, 7) is 11.3. The van der Waals surface area contributed by atoms with Crippen LogP contribution in [0.5, 0.6) is 0 Å². The van der Waals surface area contributed by atoms with Crippen LogP contribution >= 0.6 is 0 Å². The Morgan fingerprint density at radius 3 is 1.29 bits per heavy atom. The molecule has 0 saturated carbocycles. The van der Waals surface area contributed by atoms with E-state index in [9.17, 15) is 0 Å². The highest BCUT2D eigenvalue weighted by molar-refractivity contribution is 4.37. The van der Waals surface area contributed by atoms with Gasteiger partial charge in [0, 0.05) is 13.2 Å². The Hall–Kier alpha value is -0.200. The van der Waals surface area contributed by atoms with Crippen molar-refractivity contribution in [2.45, 2.75) is 13.8 Å². The maximum Gasteiger partial charge on any atom is 0.0701 e. The Balaban J connectivity index is 0.000000354. The van der Waals surface area contributed by atoms with Gasteiger partial charge in [-0.05, 0) is 13.8 Å². The molecule has 1 aliphatic heterocycles. The summed E-state index contributed by atoms with van der Waals surface area (Å²) in [6.07, 6.45) is 0. The summed E-state index contributed by atoms with van der Waals surface area (Å²) >= 11 is 0. The van der Waals surface area contributed by atoms with Gasteiger partial charge in [-0.25, -0.2) is 0 Å². The third-order valence-electron chi connectivity index (χ3n) is 1.90. The highest BCUT2D eigenvalue weighted by Crippen LogP contribution is 1.85. The first-order valence-electron chi connectivity index (χ1n) is 6.30. The largest absolute Gasteiger partial charge is 0.379 e. The van der Waals surface area contributed by atoms with Crippen molar-refractivity contribution in [3.8, 4) is 0 Å². The lowest BCUT2D eigenvalue weighted by atomic mass is 10.6. The van der Waals surface area contributed by atoms with E-state index < -0.39 is 0 Å². The molecule has 1 aliphatic rings. The van der Waals surface area contributed by atoms with Crippen LogP contribution in [0.3, 0.4) is 0 Å². The van der Waals surface area contributed by atoms with Crippen LogP contribution in [-0.4, -0.2) is 66.1 Å². The van der Waals surface area contributed by atoms with E-state index in [1.54, 1.807) is 0 Å². The van der Waals surface area contributed by atoms with E-state index in [2.05, 4.69) is 0 Å². The molecule has 1 heterocycles. The molecule has 0 atom stereocenters. The topological polar surface area (TPSA) is 46.2 Å². The lowest BCUT2D eigenvalue weighted by Crippen LogP contribution is -2.16. The Labute approximate surface area is 104 Å². The molecule has 1 fully saturated rings. The number of hydrogen-bond donors (Lipinski definition) is 0. The van der Waals surface area contributed by atoms with E-state index in [1.165, 1.54) is 0 Å². The molecule has 0 aliphatic carbocycles. The molecule has 104 valence electrons. The van der Waals surface area contributed by atoms with Gasteiger partial charge in [0.15, 0.2) is 0 Å². The molecule has 0 radical (unpaired) electrons. The predicted molar refractivity (Wildman–Crippen MR) is 65.4 cm³/mol. The quantitative estimate of drug-likeness (QED) is 0.604. The summed E-state index contributed by atoms with van der Waals surface area (Å²) in [4.78, 5) is 0. The molecule has 1 rings (SSSR count). The second kappa shape index (κ2) is 15.8. The predicted octanol–water partition coefficient (Wildman–Crippen LogP) is 1.11. The minimum Gasteiger partial charge on any atom is -0.379 e. The van der Waals surface area contributed by atoms with Crippen molar-refractivity contribution < 1.29 is 23.7 Å². The molecule has 5 heteroatoms. The third-order valence-corrected chi connectivity index (χ3v) is 1.90. The average molecular weight is 250 g/mol. The molecule has 0 N–H and O–H groups in total. The maximum atomic E-state index is 5.19. The van der Waals surface area contributed by atoms with Crippen molar-refractivity contribution in [1.82, 2.24) is 0 Å². The van der Waals surface area contributed by atoms with E-state index in [-0.39, 0.29) is 0 Å². The fourth-order valence-electron chi connectivity index (χ4n) is 1.07. The SMILES string of the molecule is C1COCCO1.CCOCCOCCOCC. The first-order chi connectivity index (χ1) is 8.41. The molecular formula is C12H26O5. The van der Waals surface area contributed by atoms with Gasteiger partial charge in [-0.2, -0.15) is 0 Å². The van der Waals surface area contributed by atoms with Gasteiger partial charge in [0.25, 0.3) is 0 Å². The summed E-state index contributed by atoms with van der Waals surface area (Å²) < 4.78 is 25.2. The average Bonchev–Trinajstić information content (AvgIpc) is 2.41. The van der Waals surface area contributed by atoms with Gasteiger partial charge in [-0.15, -0.1) is 0 Å². The van der Waals surface area contributed by atoms with E-state index >= 15 is 0 Å². The standard InChI is InChI=1S/C8H18O3.C4H8O2/c1-3-9-5-7-11-8-6-10-4-2;1-2-6-4-3-5-1/h3-8H2,1-2H3;1-4H2. The molecular weight excluding hydrogens is 224 g/mol. The second-order valence-electron chi connectivity index (χ2n) is 3.23. The lowest BCUT2D eigenvalue weighted by molar-refractivity contribution is -0.0334. The van der Waals surface area contributed by atoms with Crippen molar-refractivity contribution in [1.29, 1.82) is 0 Å². The van der Waals surface area contributed by atoms with Gasteiger partial charge in [0.1, 0.15) is 0 Å². The molecule has 0 bridgehead atoms.